The van der Waals surface area contributed by atoms with Gasteiger partial charge in [0.15, 0.2) is 6.29 Å². The van der Waals surface area contributed by atoms with E-state index in [0.29, 0.717) is 0 Å². The van der Waals surface area contributed by atoms with Crippen molar-refractivity contribution in [1.29, 1.82) is 0 Å². The molecule has 0 saturated heterocycles. The van der Waals surface area contributed by atoms with E-state index in [9.17, 15) is 0 Å². The van der Waals surface area contributed by atoms with Crippen molar-refractivity contribution in [2.75, 3.05) is 6.61 Å². The second-order valence-corrected chi connectivity index (χ2v) is 5.38. The molecule has 0 amide bonds. The van der Waals surface area contributed by atoms with Crippen LogP contribution in [0.5, 0.6) is 0 Å². The average molecular weight is 197 g/mol. The van der Waals surface area contributed by atoms with Gasteiger partial charge in [-0.2, -0.15) is 0 Å². The SMILES string of the molecule is CC(ON)OCCC1CC23CCC12C3. The monoisotopic (exact) mass is 197 g/mol. The second kappa shape index (κ2) is 2.71. The van der Waals surface area contributed by atoms with Gasteiger partial charge in [-0.1, -0.05) is 0 Å². The molecule has 4 unspecified atom stereocenters. The summed E-state index contributed by atoms with van der Waals surface area (Å²) in [6.45, 7) is 2.64. The summed E-state index contributed by atoms with van der Waals surface area (Å²) in [5.74, 6) is 5.95. The first-order chi connectivity index (χ1) is 6.72. The maximum atomic E-state index is 5.42. The Bertz CT molecular complexity index is 258. The van der Waals surface area contributed by atoms with Gasteiger partial charge >= 0.3 is 0 Å². The molecule has 3 rings (SSSR count). The molecule has 0 spiro atoms. The normalized spacial score (nSPS) is 49.7. The van der Waals surface area contributed by atoms with Crippen LogP contribution in [0.2, 0.25) is 0 Å². The zero-order valence-corrected chi connectivity index (χ0v) is 8.79. The minimum atomic E-state index is -0.252. The summed E-state index contributed by atoms with van der Waals surface area (Å²) >= 11 is 0. The Morgan fingerprint density at radius 2 is 2.36 bits per heavy atom. The first-order valence-corrected chi connectivity index (χ1v) is 5.70. The number of nitrogens with two attached hydrogens (primary N) is 1. The Balaban J connectivity index is 1.39. The van der Waals surface area contributed by atoms with Gasteiger partial charge in [0.1, 0.15) is 0 Å². The zero-order valence-electron chi connectivity index (χ0n) is 8.79. The summed E-state index contributed by atoms with van der Waals surface area (Å²) in [5, 5.41) is 0. The van der Waals surface area contributed by atoms with Crippen LogP contribution in [0.1, 0.15) is 39.0 Å². The lowest BCUT2D eigenvalue weighted by atomic mass is 9.52. The van der Waals surface area contributed by atoms with Gasteiger partial charge in [-0.15, -0.1) is 0 Å². The molecule has 3 aliphatic carbocycles. The zero-order chi connectivity index (χ0) is 9.81. The van der Waals surface area contributed by atoms with Gasteiger partial charge in [-0.05, 0) is 55.8 Å². The van der Waals surface area contributed by atoms with Crippen LogP contribution in [0, 0.1) is 16.7 Å². The van der Waals surface area contributed by atoms with Gasteiger partial charge in [0.2, 0.25) is 0 Å². The van der Waals surface area contributed by atoms with Crippen molar-refractivity contribution in [2.45, 2.75) is 45.3 Å². The Kier molecular flexibility index (Phi) is 1.77. The topological polar surface area (TPSA) is 44.5 Å². The third-order valence-corrected chi connectivity index (χ3v) is 5.06. The molecule has 0 aliphatic heterocycles. The molecule has 2 N–H and O–H groups in total. The van der Waals surface area contributed by atoms with E-state index in [2.05, 4.69) is 4.84 Å². The Hall–Kier alpha value is -0.120. The van der Waals surface area contributed by atoms with Crippen molar-refractivity contribution < 1.29 is 9.57 Å². The van der Waals surface area contributed by atoms with Crippen molar-refractivity contribution in [2.24, 2.45) is 22.6 Å². The third-order valence-electron chi connectivity index (χ3n) is 5.06. The maximum absolute atomic E-state index is 5.42. The highest BCUT2D eigenvalue weighted by atomic mass is 16.7. The largest absolute Gasteiger partial charge is 0.351 e. The summed E-state index contributed by atoms with van der Waals surface area (Å²) in [4.78, 5) is 4.56. The number of rotatable bonds is 5. The number of hydrogen-bond acceptors (Lipinski definition) is 3. The van der Waals surface area contributed by atoms with Crippen molar-refractivity contribution in [3.8, 4) is 0 Å². The molecule has 80 valence electrons. The van der Waals surface area contributed by atoms with Crippen LogP contribution >= 0.6 is 0 Å². The molecule has 0 aromatic heterocycles. The van der Waals surface area contributed by atoms with E-state index in [0.717, 1.165) is 23.4 Å². The van der Waals surface area contributed by atoms with Crippen LogP contribution in [-0.2, 0) is 9.57 Å². The number of hydrogen-bond donors (Lipinski definition) is 1. The second-order valence-electron chi connectivity index (χ2n) is 5.38. The Labute approximate surface area is 84.9 Å². The summed E-state index contributed by atoms with van der Waals surface area (Å²) in [7, 11) is 0. The molecule has 3 saturated carbocycles. The van der Waals surface area contributed by atoms with Gasteiger partial charge in [-0.3, -0.25) is 4.84 Å². The van der Waals surface area contributed by atoms with Crippen LogP contribution in [0.25, 0.3) is 0 Å². The van der Waals surface area contributed by atoms with E-state index < -0.39 is 0 Å². The molecule has 4 atom stereocenters. The molecule has 0 heterocycles. The van der Waals surface area contributed by atoms with Crippen molar-refractivity contribution >= 4 is 0 Å². The minimum Gasteiger partial charge on any atom is -0.351 e. The number of ether oxygens (including phenoxy) is 1. The highest BCUT2D eigenvalue weighted by Gasteiger charge is 2.83. The van der Waals surface area contributed by atoms with Gasteiger partial charge < -0.3 is 4.74 Å². The van der Waals surface area contributed by atoms with Gasteiger partial charge in [0, 0.05) is 0 Å². The fourth-order valence-corrected chi connectivity index (χ4v) is 4.02. The van der Waals surface area contributed by atoms with E-state index in [-0.39, 0.29) is 6.29 Å². The van der Waals surface area contributed by atoms with Gasteiger partial charge in [-0.25, -0.2) is 5.90 Å². The maximum Gasteiger partial charge on any atom is 0.174 e. The average Bonchev–Trinajstić information content (AvgIpc) is 2.58. The minimum absolute atomic E-state index is 0.252. The highest BCUT2D eigenvalue weighted by molar-refractivity contribution is 5.32. The first-order valence-electron chi connectivity index (χ1n) is 5.70. The predicted molar refractivity (Wildman–Crippen MR) is 52.1 cm³/mol. The van der Waals surface area contributed by atoms with E-state index in [1.54, 1.807) is 0 Å². The molecular formula is C11H19NO2. The molecule has 3 heteroatoms. The van der Waals surface area contributed by atoms with E-state index >= 15 is 0 Å². The molecule has 0 bridgehead atoms. The Morgan fingerprint density at radius 1 is 1.50 bits per heavy atom. The summed E-state index contributed by atoms with van der Waals surface area (Å²) < 4.78 is 5.42. The smallest absolute Gasteiger partial charge is 0.174 e. The standard InChI is InChI=1S/C11H19NO2/c1-8(14-12)13-5-2-9-6-10-3-4-11(9,10)7-10/h8-9H,2-7,12H2,1H3. The first kappa shape index (κ1) is 9.13. The summed E-state index contributed by atoms with van der Waals surface area (Å²) in [6, 6.07) is 0. The van der Waals surface area contributed by atoms with Crippen molar-refractivity contribution in [3.63, 3.8) is 0 Å². The predicted octanol–water partition coefficient (Wildman–Crippen LogP) is 1.82. The highest BCUT2D eigenvalue weighted by Crippen LogP contribution is 2.91. The Morgan fingerprint density at radius 3 is 2.79 bits per heavy atom. The third kappa shape index (κ3) is 0.930. The van der Waals surface area contributed by atoms with Crippen molar-refractivity contribution in [3.05, 3.63) is 0 Å². The van der Waals surface area contributed by atoms with Crippen LogP contribution in [0.15, 0.2) is 0 Å². The van der Waals surface area contributed by atoms with Crippen LogP contribution in [-0.4, -0.2) is 12.9 Å². The summed E-state index contributed by atoms with van der Waals surface area (Å²) in [5.41, 5.74) is 1.66. The molecule has 14 heavy (non-hydrogen) atoms. The molecular weight excluding hydrogens is 178 g/mol. The molecule has 0 radical (unpaired) electrons. The lowest BCUT2D eigenvalue weighted by Crippen LogP contribution is -2.44. The van der Waals surface area contributed by atoms with Crippen molar-refractivity contribution in [1.82, 2.24) is 0 Å². The fraction of sp³-hybridized carbons (Fsp3) is 1.00. The van der Waals surface area contributed by atoms with Crippen LogP contribution in [0.3, 0.4) is 0 Å². The lowest BCUT2D eigenvalue weighted by Gasteiger charge is -2.52. The molecule has 0 aromatic carbocycles. The fourth-order valence-electron chi connectivity index (χ4n) is 4.02. The molecule has 3 aliphatic rings. The summed E-state index contributed by atoms with van der Waals surface area (Å²) in [6.07, 6.45) is 6.93. The molecule has 0 aromatic rings. The van der Waals surface area contributed by atoms with Crippen LogP contribution in [0.4, 0.5) is 0 Å². The lowest BCUT2D eigenvalue weighted by molar-refractivity contribution is -0.143. The van der Waals surface area contributed by atoms with E-state index in [4.69, 9.17) is 10.6 Å². The van der Waals surface area contributed by atoms with E-state index in [1.165, 1.54) is 32.1 Å². The van der Waals surface area contributed by atoms with E-state index in [1.807, 2.05) is 6.92 Å². The molecule has 3 fully saturated rings. The van der Waals surface area contributed by atoms with Crippen LogP contribution < -0.4 is 5.90 Å². The van der Waals surface area contributed by atoms with Gasteiger partial charge in [0.25, 0.3) is 0 Å². The quantitative estimate of drug-likeness (QED) is 0.540. The van der Waals surface area contributed by atoms with Gasteiger partial charge in [0.05, 0.1) is 6.61 Å². The molecule has 3 nitrogen and oxygen atoms in total.